The van der Waals surface area contributed by atoms with Crippen LogP contribution in [-0.4, -0.2) is 34.1 Å². The molecule has 4 rings (SSSR count). The summed E-state index contributed by atoms with van der Waals surface area (Å²) in [6, 6.07) is 19.9. The minimum absolute atomic E-state index is 0.0779. The van der Waals surface area contributed by atoms with E-state index in [1.807, 2.05) is 24.3 Å². The number of halogens is 1. The van der Waals surface area contributed by atoms with Gasteiger partial charge >= 0.3 is 0 Å². The Kier molecular flexibility index (Phi) is 6.25. The summed E-state index contributed by atoms with van der Waals surface area (Å²) < 4.78 is 39.0. The zero-order valence-electron chi connectivity index (χ0n) is 17.2. The lowest BCUT2D eigenvalue weighted by Gasteiger charge is -2.34. The van der Waals surface area contributed by atoms with E-state index in [4.69, 9.17) is 21.1 Å². The van der Waals surface area contributed by atoms with E-state index in [-0.39, 0.29) is 18.0 Å². The number of sulfonamides is 1. The molecule has 0 radical (unpaired) electrons. The normalized spacial score (nSPS) is 15.4. The lowest BCUT2D eigenvalue weighted by atomic mass is 10.2. The second-order valence-electron chi connectivity index (χ2n) is 7.13. The minimum atomic E-state index is -3.94. The highest BCUT2D eigenvalue weighted by molar-refractivity contribution is 7.92. The number of para-hydroxylation sites is 2. The van der Waals surface area contributed by atoms with E-state index < -0.39 is 22.0 Å². The number of carbonyl (C=O) groups is 1. The Balaban J connectivity index is 1.57. The van der Waals surface area contributed by atoms with Crippen molar-refractivity contribution in [2.75, 3.05) is 18.0 Å². The number of ether oxygens (including phenoxy) is 2. The monoisotopic (exact) mass is 472 g/mol. The van der Waals surface area contributed by atoms with Crippen molar-refractivity contribution in [3.63, 3.8) is 0 Å². The molecule has 1 aliphatic rings. The van der Waals surface area contributed by atoms with Crippen LogP contribution in [0.2, 0.25) is 5.02 Å². The molecule has 1 unspecified atom stereocenters. The molecule has 0 spiro atoms. The van der Waals surface area contributed by atoms with Crippen LogP contribution in [0.1, 0.15) is 5.56 Å². The molecule has 0 saturated carbocycles. The lowest BCUT2D eigenvalue weighted by molar-refractivity contribution is -0.127. The number of amides is 1. The predicted octanol–water partition coefficient (Wildman–Crippen LogP) is 3.62. The minimum Gasteiger partial charge on any atom is -0.497 e. The summed E-state index contributed by atoms with van der Waals surface area (Å²) in [5.74, 6) is 0.580. The molecule has 0 bridgehead atoms. The molecule has 0 aromatic heterocycles. The van der Waals surface area contributed by atoms with Gasteiger partial charge in [0, 0.05) is 11.6 Å². The van der Waals surface area contributed by atoms with Crippen molar-refractivity contribution in [2.45, 2.75) is 17.5 Å². The number of methoxy groups -OCH3 is 1. The Hall–Kier alpha value is -3.23. The van der Waals surface area contributed by atoms with Crippen LogP contribution in [0.4, 0.5) is 5.69 Å². The maximum atomic E-state index is 13.4. The molecule has 1 aliphatic heterocycles. The van der Waals surface area contributed by atoms with E-state index in [1.54, 1.807) is 31.4 Å². The van der Waals surface area contributed by atoms with Gasteiger partial charge in [-0.15, -0.1) is 0 Å². The van der Waals surface area contributed by atoms with Gasteiger partial charge in [-0.25, -0.2) is 8.42 Å². The Bertz CT molecular complexity index is 1230. The van der Waals surface area contributed by atoms with Crippen molar-refractivity contribution >= 4 is 33.2 Å². The Morgan fingerprint density at radius 3 is 2.62 bits per heavy atom. The lowest BCUT2D eigenvalue weighted by Crippen LogP contribution is -2.50. The first kappa shape index (κ1) is 22.0. The smallest absolute Gasteiger partial charge is 0.264 e. The predicted molar refractivity (Wildman–Crippen MR) is 122 cm³/mol. The van der Waals surface area contributed by atoms with Gasteiger partial charge < -0.3 is 14.8 Å². The summed E-state index contributed by atoms with van der Waals surface area (Å²) in [6.45, 7) is 0.0907. The molecule has 3 aromatic rings. The first-order valence-electron chi connectivity index (χ1n) is 9.83. The number of nitrogens with one attached hydrogen (secondary N) is 1. The zero-order valence-corrected chi connectivity index (χ0v) is 18.8. The quantitative estimate of drug-likeness (QED) is 0.592. The van der Waals surface area contributed by atoms with Gasteiger partial charge in [-0.2, -0.15) is 0 Å². The fourth-order valence-electron chi connectivity index (χ4n) is 3.39. The fourth-order valence-corrected chi connectivity index (χ4v) is 4.99. The summed E-state index contributed by atoms with van der Waals surface area (Å²) in [5, 5.41) is 3.24. The second kappa shape index (κ2) is 9.10. The van der Waals surface area contributed by atoms with Gasteiger partial charge in [-0.1, -0.05) is 35.9 Å². The van der Waals surface area contributed by atoms with Crippen LogP contribution in [0.25, 0.3) is 0 Å². The molecule has 0 aliphatic carbocycles. The maximum absolute atomic E-state index is 13.4. The number of nitrogens with zero attached hydrogens (tertiary/aromatic N) is 1. The van der Waals surface area contributed by atoms with Gasteiger partial charge in [0.1, 0.15) is 11.5 Å². The first-order chi connectivity index (χ1) is 15.4. The fraction of sp³-hybridized carbons (Fsp3) is 0.174. The molecule has 0 fully saturated rings. The van der Waals surface area contributed by atoms with Gasteiger partial charge in [-0.3, -0.25) is 9.10 Å². The molecule has 9 heteroatoms. The van der Waals surface area contributed by atoms with Crippen molar-refractivity contribution in [2.24, 2.45) is 0 Å². The van der Waals surface area contributed by atoms with E-state index >= 15 is 0 Å². The van der Waals surface area contributed by atoms with Gasteiger partial charge in [0.2, 0.25) is 0 Å². The topological polar surface area (TPSA) is 84.9 Å². The SMILES string of the molecule is COc1cccc(CNC(=O)C2CN(S(=O)(=O)c3ccc(Cl)cc3)c3ccccc3O2)c1. The van der Waals surface area contributed by atoms with Crippen LogP contribution in [0.15, 0.2) is 77.7 Å². The van der Waals surface area contributed by atoms with Crippen molar-refractivity contribution in [3.05, 3.63) is 83.4 Å². The molecule has 32 heavy (non-hydrogen) atoms. The van der Waals surface area contributed by atoms with Crippen LogP contribution < -0.4 is 19.1 Å². The summed E-state index contributed by atoms with van der Waals surface area (Å²) in [4.78, 5) is 13.0. The van der Waals surface area contributed by atoms with Crippen molar-refractivity contribution in [1.82, 2.24) is 5.32 Å². The highest BCUT2D eigenvalue weighted by Crippen LogP contribution is 2.37. The number of benzene rings is 3. The van der Waals surface area contributed by atoms with E-state index in [0.717, 1.165) is 5.56 Å². The second-order valence-corrected chi connectivity index (χ2v) is 9.43. The highest BCUT2D eigenvalue weighted by Gasteiger charge is 2.37. The molecule has 7 nitrogen and oxygen atoms in total. The van der Waals surface area contributed by atoms with E-state index in [0.29, 0.717) is 22.2 Å². The number of carbonyl (C=O) groups excluding carboxylic acids is 1. The third-order valence-corrected chi connectivity index (χ3v) is 7.08. The van der Waals surface area contributed by atoms with Crippen molar-refractivity contribution < 1.29 is 22.7 Å². The zero-order chi connectivity index (χ0) is 22.7. The van der Waals surface area contributed by atoms with Crippen molar-refractivity contribution in [1.29, 1.82) is 0 Å². The first-order valence-corrected chi connectivity index (χ1v) is 11.6. The van der Waals surface area contributed by atoms with Gasteiger partial charge in [0.25, 0.3) is 15.9 Å². The molecule has 1 N–H and O–H groups in total. The summed E-state index contributed by atoms with van der Waals surface area (Å²) in [6.07, 6.45) is -1.02. The maximum Gasteiger partial charge on any atom is 0.264 e. The molecule has 1 atom stereocenters. The Morgan fingerprint density at radius 2 is 1.88 bits per heavy atom. The number of hydrogen-bond donors (Lipinski definition) is 1. The molecule has 166 valence electrons. The number of hydrogen-bond acceptors (Lipinski definition) is 5. The summed E-state index contributed by atoms with van der Waals surface area (Å²) in [5.41, 5.74) is 1.22. The summed E-state index contributed by atoms with van der Waals surface area (Å²) in [7, 11) is -2.37. The molecule has 3 aromatic carbocycles. The van der Waals surface area contributed by atoms with Crippen LogP contribution in [0.5, 0.6) is 11.5 Å². The van der Waals surface area contributed by atoms with Crippen LogP contribution in [-0.2, 0) is 21.4 Å². The Labute approximate surface area is 191 Å². The third-order valence-electron chi connectivity index (χ3n) is 5.03. The van der Waals surface area contributed by atoms with E-state index in [2.05, 4.69) is 5.32 Å². The van der Waals surface area contributed by atoms with Crippen LogP contribution >= 0.6 is 11.6 Å². The average molecular weight is 473 g/mol. The van der Waals surface area contributed by atoms with Gasteiger partial charge in [0.15, 0.2) is 6.10 Å². The number of rotatable bonds is 6. The molecule has 1 heterocycles. The number of anilines is 1. The highest BCUT2D eigenvalue weighted by atomic mass is 35.5. The number of fused-ring (bicyclic) bond motifs is 1. The average Bonchev–Trinajstić information content (AvgIpc) is 2.82. The Morgan fingerprint density at radius 1 is 1.12 bits per heavy atom. The van der Waals surface area contributed by atoms with Gasteiger partial charge in [0.05, 0.1) is 24.2 Å². The largest absolute Gasteiger partial charge is 0.497 e. The molecule has 0 saturated heterocycles. The molecular formula is C23H21ClN2O5S. The summed E-state index contributed by atoms with van der Waals surface area (Å²) >= 11 is 5.91. The third kappa shape index (κ3) is 4.51. The molecule has 1 amide bonds. The van der Waals surface area contributed by atoms with Crippen LogP contribution in [0, 0.1) is 0 Å². The van der Waals surface area contributed by atoms with Crippen molar-refractivity contribution in [3.8, 4) is 11.5 Å². The molecular weight excluding hydrogens is 452 g/mol. The standard InChI is InChI=1S/C23H21ClN2O5S/c1-30-18-6-4-5-16(13-18)14-25-23(27)22-15-26(20-7-2-3-8-21(20)31-22)32(28,29)19-11-9-17(24)10-12-19/h2-13,22H,14-15H2,1H3,(H,25,27). The van der Waals surface area contributed by atoms with E-state index in [1.165, 1.54) is 28.6 Å². The van der Waals surface area contributed by atoms with Crippen LogP contribution in [0.3, 0.4) is 0 Å². The van der Waals surface area contributed by atoms with E-state index in [9.17, 15) is 13.2 Å². The van der Waals surface area contributed by atoms with Gasteiger partial charge in [-0.05, 0) is 54.1 Å².